The molecule has 0 aliphatic rings. The normalized spacial score (nSPS) is 14.0. The van der Waals surface area contributed by atoms with Crippen molar-refractivity contribution in [3.63, 3.8) is 0 Å². The predicted octanol–water partition coefficient (Wildman–Crippen LogP) is 1.85. The number of hydrogen-bond acceptors (Lipinski definition) is 1. The Hall–Kier alpha value is 0.0200. The minimum atomic E-state index is 0.315. The molecule has 1 unspecified atom stereocenters. The first kappa shape index (κ1) is 8.02. The van der Waals surface area contributed by atoms with Crippen LogP contribution in [0.4, 0.5) is 0 Å². The fourth-order valence-corrected chi connectivity index (χ4v) is 1.01. The van der Waals surface area contributed by atoms with Gasteiger partial charge in [0.25, 0.3) is 0 Å². The van der Waals surface area contributed by atoms with E-state index in [4.69, 9.17) is 0 Å². The molecule has 0 heterocycles. The Balaban J connectivity index is 3.51. The molecule has 0 spiro atoms. The summed E-state index contributed by atoms with van der Waals surface area (Å²) in [5.74, 6) is 0.530. The lowest BCUT2D eigenvalue weighted by molar-refractivity contribution is 0.552. The molecule has 0 aromatic heterocycles. The molecule has 0 fully saturated rings. The van der Waals surface area contributed by atoms with Crippen LogP contribution in [0.5, 0.6) is 0 Å². The second-order valence-corrected chi connectivity index (χ2v) is 3.08. The van der Waals surface area contributed by atoms with Crippen molar-refractivity contribution in [3.05, 3.63) is 0 Å². The summed E-state index contributed by atoms with van der Waals surface area (Å²) in [5, 5.41) is 0.315. The Bertz CT molecular complexity index is 70.9. The van der Waals surface area contributed by atoms with E-state index < -0.39 is 0 Å². The maximum atomic E-state index is 10.2. The minimum absolute atomic E-state index is 0.315. The zero-order valence-electron chi connectivity index (χ0n) is 5.68. The van der Waals surface area contributed by atoms with Gasteiger partial charge < -0.3 is 0 Å². The van der Waals surface area contributed by atoms with Gasteiger partial charge in [0.2, 0.25) is 5.25 Å². The van der Waals surface area contributed by atoms with Gasteiger partial charge in [0.15, 0.2) is 0 Å². The first-order valence-corrected chi connectivity index (χ1v) is 3.81. The molecule has 0 bridgehead atoms. The van der Waals surface area contributed by atoms with Crippen LogP contribution < -0.4 is 0 Å². The van der Waals surface area contributed by atoms with Crippen LogP contribution in [0.25, 0.3) is 0 Å². The lowest BCUT2D eigenvalue weighted by Gasteiger charge is -1.97. The van der Waals surface area contributed by atoms with E-state index in [2.05, 4.69) is 20.8 Å². The highest BCUT2D eigenvalue weighted by atomic mass is 32.1. The van der Waals surface area contributed by atoms with E-state index in [9.17, 15) is 4.21 Å². The zero-order valence-corrected chi connectivity index (χ0v) is 6.49. The Labute approximate surface area is 55.0 Å². The lowest BCUT2D eigenvalue weighted by atomic mass is 10.1. The van der Waals surface area contributed by atoms with Crippen molar-refractivity contribution in [2.24, 2.45) is 5.92 Å². The second kappa shape index (κ2) is 3.96. The topological polar surface area (TPSA) is 17.1 Å². The predicted molar refractivity (Wildman–Crippen MR) is 37.0 cm³/mol. The Morgan fingerprint density at radius 1 is 1.50 bits per heavy atom. The van der Waals surface area contributed by atoms with Crippen molar-refractivity contribution in [2.45, 2.75) is 32.4 Å². The zero-order chi connectivity index (χ0) is 6.57. The van der Waals surface area contributed by atoms with Crippen LogP contribution in [0, 0.1) is 5.92 Å². The highest BCUT2D eigenvalue weighted by Gasteiger charge is 2.22. The molecule has 8 heavy (non-hydrogen) atoms. The third kappa shape index (κ3) is 2.36. The van der Waals surface area contributed by atoms with Gasteiger partial charge in [0.1, 0.15) is 0 Å². The van der Waals surface area contributed by atoms with Crippen molar-refractivity contribution in [1.29, 1.82) is 0 Å². The first-order chi connectivity index (χ1) is 3.72. The fourth-order valence-electron chi connectivity index (χ4n) is 0.651. The fraction of sp³-hybridized carbons (Fsp3) is 1.00. The molecule has 2 heteroatoms. The highest BCUT2D eigenvalue weighted by molar-refractivity contribution is 7.66. The van der Waals surface area contributed by atoms with Crippen LogP contribution in [-0.2, 0) is 15.9 Å². The standard InChI is InChI=1S/C6H13OS/c1-4-6(8-7)5(2)3/h5-6H,4H2,1-3H3/q+1. The van der Waals surface area contributed by atoms with Crippen LogP contribution in [0.15, 0.2) is 0 Å². The molecule has 0 aromatic carbocycles. The lowest BCUT2D eigenvalue weighted by Crippen LogP contribution is -2.11. The second-order valence-electron chi connectivity index (χ2n) is 2.29. The van der Waals surface area contributed by atoms with E-state index in [1.54, 1.807) is 0 Å². The third-order valence-electron chi connectivity index (χ3n) is 1.27. The minimum Gasteiger partial charge on any atom is -0.0598 e. The van der Waals surface area contributed by atoms with Crippen LogP contribution in [0.2, 0.25) is 0 Å². The molecule has 1 nitrogen and oxygen atoms in total. The monoisotopic (exact) mass is 133 g/mol. The van der Waals surface area contributed by atoms with E-state index in [1.807, 2.05) is 0 Å². The van der Waals surface area contributed by atoms with E-state index >= 15 is 0 Å². The average molecular weight is 133 g/mol. The molecular formula is C6H13OS+. The number of hydrogen-bond donors (Lipinski definition) is 0. The van der Waals surface area contributed by atoms with Gasteiger partial charge in [0.05, 0.1) is 0 Å². The molecule has 0 amide bonds. The average Bonchev–Trinajstić information content (AvgIpc) is 1.69. The summed E-state index contributed by atoms with van der Waals surface area (Å²) in [5.41, 5.74) is 0. The van der Waals surface area contributed by atoms with Crippen molar-refractivity contribution >= 4 is 11.7 Å². The summed E-state index contributed by atoms with van der Waals surface area (Å²) in [6.45, 7) is 6.22. The third-order valence-corrected chi connectivity index (χ3v) is 2.39. The van der Waals surface area contributed by atoms with E-state index in [-0.39, 0.29) is 0 Å². The summed E-state index contributed by atoms with van der Waals surface area (Å²) in [4.78, 5) is 0. The molecule has 48 valence electrons. The molecule has 0 aliphatic heterocycles. The summed E-state index contributed by atoms with van der Waals surface area (Å²) >= 11 is 0.728. The van der Waals surface area contributed by atoms with Crippen LogP contribution >= 0.6 is 0 Å². The van der Waals surface area contributed by atoms with E-state index in [0.29, 0.717) is 11.2 Å². The molecule has 0 rings (SSSR count). The van der Waals surface area contributed by atoms with Crippen LogP contribution in [0.1, 0.15) is 27.2 Å². The molecule has 0 N–H and O–H groups in total. The van der Waals surface area contributed by atoms with Crippen molar-refractivity contribution in [1.82, 2.24) is 0 Å². The van der Waals surface area contributed by atoms with Gasteiger partial charge in [-0.05, 0) is 0 Å². The van der Waals surface area contributed by atoms with E-state index in [1.165, 1.54) is 0 Å². The van der Waals surface area contributed by atoms with Crippen LogP contribution in [0.3, 0.4) is 0 Å². The SMILES string of the molecule is CCC([S+]=O)C(C)C. The molecule has 0 aromatic rings. The highest BCUT2D eigenvalue weighted by Crippen LogP contribution is 2.06. The van der Waals surface area contributed by atoms with Gasteiger partial charge in [0, 0.05) is 16.5 Å². The Kier molecular flexibility index (Phi) is 3.97. The molecule has 1 atom stereocenters. The van der Waals surface area contributed by atoms with Gasteiger partial charge in [-0.25, -0.2) is 0 Å². The van der Waals surface area contributed by atoms with Gasteiger partial charge in [-0.1, -0.05) is 20.8 Å². The molecule has 0 saturated heterocycles. The maximum Gasteiger partial charge on any atom is 0.462 e. The molecule has 0 aliphatic carbocycles. The smallest absolute Gasteiger partial charge is 0.0598 e. The van der Waals surface area contributed by atoms with Gasteiger partial charge >= 0.3 is 11.7 Å². The molecular weight excluding hydrogens is 120 g/mol. The van der Waals surface area contributed by atoms with E-state index in [0.717, 1.165) is 18.1 Å². The first-order valence-electron chi connectivity index (χ1n) is 3.01. The van der Waals surface area contributed by atoms with Crippen LogP contribution in [-0.4, -0.2) is 5.25 Å². The maximum absolute atomic E-state index is 10.2. The van der Waals surface area contributed by atoms with Gasteiger partial charge in [-0.3, -0.25) is 0 Å². The summed E-state index contributed by atoms with van der Waals surface area (Å²) < 4.78 is 10.2. The quantitative estimate of drug-likeness (QED) is 0.537. The Morgan fingerprint density at radius 3 is 2.00 bits per heavy atom. The summed E-state index contributed by atoms with van der Waals surface area (Å²) in [6.07, 6.45) is 0.992. The van der Waals surface area contributed by atoms with Gasteiger partial charge in [-0.15, -0.1) is 0 Å². The largest absolute Gasteiger partial charge is 0.462 e. The van der Waals surface area contributed by atoms with Crippen molar-refractivity contribution in [3.8, 4) is 0 Å². The summed E-state index contributed by atoms with van der Waals surface area (Å²) in [7, 11) is 0. The molecule has 0 radical (unpaired) electrons. The summed E-state index contributed by atoms with van der Waals surface area (Å²) in [6, 6.07) is 0. The molecule has 0 saturated carbocycles. The van der Waals surface area contributed by atoms with Gasteiger partial charge in [-0.2, -0.15) is 0 Å². The van der Waals surface area contributed by atoms with Crippen molar-refractivity contribution in [2.75, 3.05) is 0 Å². The Morgan fingerprint density at radius 2 is 2.00 bits per heavy atom. The number of rotatable bonds is 3. The van der Waals surface area contributed by atoms with Crippen molar-refractivity contribution < 1.29 is 4.21 Å².